The predicted molar refractivity (Wildman–Crippen MR) is 89.3 cm³/mol. The van der Waals surface area contributed by atoms with Gasteiger partial charge in [0.05, 0.1) is 32.2 Å². The molecule has 3 rings (SSSR count). The van der Waals surface area contributed by atoms with E-state index in [0.717, 1.165) is 35.6 Å². The largest absolute Gasteiger partial charge is 0.497 e. The lowest BCUT2D eigenvalue weighted by Gasteiger charge is -2.26. The van der Waals surface area contributed by atoms with E-state index in [4.69, 9.17) is 9.47 Å². The summed E-state index contributed by atoms with van der Waals surface area (Å²) in [7, 11) is 3.27. The van der Waals surface area contributed by atoms with Crippen LogP contribution in [-0.2, 0) is 0 Å². The average Bonchev–Trinajstić information content (AvgIpc) is 3.10. The number of ether oxygens (including phenoxy) is 2. The smallest absolute Gasteiger partial charge is 0.274 e. The molecule has 1 saturated heterocycles. The van der Waals surface area contributed by atoms with Crippen molar-refractivity contribution in [2.45, 2.75) is 25.8 Å². The molecule has 6 nitrogen and oxygen atoms in total. The highest BCUT2D eigenvalue weighted by Gasteiger charge is 2.33. The molecule has 0 N–H and O–H groups in total. The van der Waals surface area contributed by atoms with E-state index in [2.05, 4.69) is 9.97 Å². The second-order valence-electron chi connectivity index (χ2n) is 5.81. The molecule has 2 heterocycles. The van der Waals surface area contributed by atoms with Gasteiger partial charge in [-0.2, -0.15) is 0 Å². The zero-order chi connectivity index (χ0) is 17.1. The molecule has 1 aromatic heterocycles. The Bertz CT molecular complexity index is 731. The van der Waals surface area contributed by atoms with Gasteiger partial charge in [0.2, 0.25) is 0 Å². The molecule has 0 radical (unpaired) electrons. The molecule has 1 fully saturated rings. The molecule has 0 saturated carbocycles. The number of nitrogens with zero attached hydrogens (tertiary/aromatic N) is 3. The van der Waals surface area contributed by atoms with Gasteiger partial charge < -0.3 is 14.4 Å². The van der Waals surface area contributed by atoms with Crippen molar-refractivity contribution in [1.82, 2.24) is 14.9 Å². The Morgan fingerprint density at radius 3 is 2.71 bits per heavy atom. The van der Waals surface area contributed by atoms with Crippen LogP contribution in [0.25, 0.3) is 0 Å². The number of rotatable bonds is 4. The first-order chi connectivity index (χ1) is 11.6. The quantitative estimate of drug-likeness (QED) is 0.864. The van der Waals surface area contributed by atoms with Crippen LogP contribution in [0.1, 0.15) is 40.6 Å². The summed E-state index contributed by atoms with van der Waals surface area (Å²) in [5.74, 6) is 1.41. The lowest BCUT2D eigenvalue weighted by molar-refractivity contribution is 0.0727. The number of aromatic nitrogens is 2. The number of hydrogen-bond acceptors (Lipinski definition) is 5. The molecule has 1 aromatic carbocycles. The van der Waals surface area contributed by atoms with Gasteiger partial charge in [-0.3, -0.25) is 9.78 Å². The summed E-state index contributed by atoms with van der Waals surface area (Å²) in [6.45, 7) is 2.54. The molecule has 1 unspecified atom stereocenters. The lowest BCUT2D eigenvalue weighted by atomic mass is 10.0. The van der Waals surface area contributed by atoms with Crippen LogP contribution in [0.3, 0.4) is 0 Å². The molecular formula is C18H21N3O3. The Balaban J connectivity index is 1.93. The van der Waals surface area contributed by atoms with Crippen LogP contribution >= 0.6 is 0 Å². The summed E-state index contributed by atoms with van der Waals surface area (Å²) < 4.78 is 10.8. The van der Waals surface area contributed by atoms with Gasteiger partial charge in [-0.15, -0.1) is 0 Å². The molecule has 0 spiro atoms. The summed E-state index contributed by atoms with van der Waals surface area (Å²) in [6.07, 6.45) is 4.98. The van der Waals surface area contributed by atoms with Crippen LogP contribution < -0.4 is 9.47 Å². The van der Waals surface area contributed by atoms with Gasteiger partial charge in [0.25, 0.3) is 5.91 Å². The minimum atomic E-state index is -0.102. The monoisotopic (exact) mass is 327 g/mol. The molecule has 24 heavy (non-hydrogen) atoms. The van der Waals surface area contributed by atoms with Crippen molar-refractivity contribution >= 4 is 5.91 Å². The van der Waals surface area contributed by atoms with Crippen LogP contribution in [0.4, 0.5) is 0 Å². The Morgan fingerprint density at radius 1 is 1.21 bits per heavy atom. The topological polar surface area (TPSA) is 64.6 Å². The fourth-order valence-electron chi connectivity index (χ4n) is 3.08. The van der Waals surface area contributed by atoms with Crippen LogP contribution in [-0.4, -0.2) is 41.5 Å². The first-order valence-corrected chi connectivity index (χ1v) is 7.95. The third kappa shape index (κ3) is 3.04. The van der Waals surface area contributed by atoms with E-state index in [1.807, 2.05) is 30.0 Å². The normalized spacial score (nSPS) is 17.0. The van der Waals surface area contributed by atoms with Crippen LogP contribution in [0.5, 0.6) is 11.5 Å². The van der Waals surface area contributed by atoms with E-state index >= 15 is 0 Å². The van der Waals surface area contributed by atoms with Gasteiger partial charge in [-0.25, -0.2) is 4.98 Å². The number of methoxy groups -OCH3 is 2. The maximum Gasteiger partial charge on any atom is 0.274 e. The van der Waals surface area contributed by atoms with Crippen LogP contribution in [0.2, 0.25) is 0 Å². The third-order valence-electron chi connectivity index (χ3n) is 4.31. The fraction of sp³-hybridized carbons (Fsp3) is 0.389. The van der Waals surface area contributed by atoms with Gasteiger partial charge in [0, 0.05) is 18.3 Å². The van der Waals surface area contributed by atoms with Crippen LogP contribution in [0.15, 0.2) is 30.6 Å². The Labute approximate surface area is 141 Å². The second-order valence-corrected chi connectivity index (χ2v) is 5.81. The average molecular weight is 327 g/mol. The fourth-order valence-corrected chi connectivity index (χ4v) is 3.08. The maximum atomic E-state index is 12.8. The number of aryl methyl sites for hydroxylation is 1. The summed E-state index contributed by atoms with van der Waals surface area (Å²) in [5, 5.41) is 0. The summed E-state index contributed by atoms with van der Waals surface area (Å²) in [5.41, 5.74) is 2.12. The van der Waals surface area contributed by atoms with Gasteiger partial charge >= 0.3 is 0 Å². The van der Waals surface area contributed by atoms with E-state index < -0.39 is 0 Å². The molecule has 1 aliphatic heterocycles. The summed E-state index contributed by atoms with van der Waals surface area (Å²) >= 11 is 0. The van der Waals surface area contributed by atoms with E-state index in [1.54, 1.807) is 20.4 Å². The van der Waals surface area contributed by atoms with Crippen molar-refractivity contribution in [3.8, 4) is 11.5 Å². The van der Waals surface area contributed by atoms with Crippen LogP contribution in [0, 0.1) is 6.92 Å². The zero-order valence-corrected chi connectivity index (χ0v) is 14.2. The Hall–Kier alpha value is -2.63. The third-order valence-corrected chi connectivity index (χ3v) is 4.31. The highest BCUT2D eigenvalue weighted by molar-refractivity contribution is 5.92. The molecule has 2 aromatic rings. The van der Waals surface area contributed by atoms with E-state index in [-0.39, 0.29) is 11.9 Å². The molecular weight excluding hydrogens is 306 g/mol. The molecule has 1 aliphatic rings. The van der Waals surface area contributed by atoms with Crippen molar-refractivity contribution in [2.24, 2.45) is 0 Å². The number of carbonyl (C=O) groups excluding carboxylic acids is 1. The molecule has 6 heteroatoms. The minimum Gasteiger partial charge on any atom is -0.497 e. The van der Waals surface area contributed by atoms with Gasteiger partial charge in [0.1, 0.15) is 17.2 Å². The number of hydrogen-bond donors (Lipinski definition) is 0. The van der Waals surface area contributed by atoms with E-state index in [9.17, 15) is 4.79 Å². The molecule has 1 atom stereocenters. The van der Waals surface area contributed by atoms with Gasteiger partial charge in [-0.1, -0.05) is 0 Å². The maximum absolute atomic E-state index is 12.8. The lowest BCUT2D eigenvalue weighted by Crippen LogP contribution is -2.31. The van der Waals surface area contributed by atoms with Gasteiger partial charge in [0.15, 0.2) is 0 Å². The Morgan fingerprint density at radius 2 is 2.04 bits per heavy atom. The Kier molecular flexibility index (Phi) is 4.64. The molecule has 126 valence electrons. The highest BCUT2D eigenvalue weighted by Crippen LogP contribution is 2.39. The number of likely N-dealkylation sites (tertiary alicyclic amines) is 1. The van der Waals surface area contributed by atoms with Crippen molar-refractivity contribution < 1.29 is 14.3 Å². The minimum absolute atomic E-state index is 0.0503. The van der Waals surface area contributed by atoms with Crippen molar-refractivity contribution in [1.29, 1.82) is 0 Å². The number of carbonyl (C=O) groups is 1. The predicted octanol–water partition coefficient (Wildman–Crippen LogP) is 2.78. The zero-order valence-electron chi connectivity index (χ0n) is 14.2. The molecule has 0 aliphatic carbocycles. The standard InChI is InChI=1S/C18H21N3O3/c1-12-10-20-15(11-19-12)18(22)21-8-4-5-16(21)14-9-13(23-2)6-7-17(14)24-3/h6-7,9-11,16H,4-5,8H2,1-3H3. The summed E-state index contributed by atoms with van der Waals surface area (Å²) in [6, 6.07) is 5.62. The SMILES string of the molecule is COc1ccc(OC)c(C2CCCN2C(=O)c2cnc(C)cn2)c1. The van der Waals surface area contributed by atoms with Gasteiger partial charge in [-0.05, 0) is 38.0 Å². The van der Waals surface area contributed by atoms with Crippen molar-refractivity contribution in [2.75, 3.05) is 20.8 Å². The number of benzene rings is 1. The molecule has 1 amide bonds. The highest BCUT2D eigenvalue weighted by atomic mass is 16.5. The number of amides is 1. The second kappa shape index (κ2) is 6.86. The van der Waals surface area contributed by atoms with Crippen molar-refractivity contribution in [3.05, 3.63) is 47.5 Å². The van der Waals surface area contributed by atoms with E-state index in [1.165, 1.54) is 6.20 Å². The summed E-state index contributed by atoms with van der Waals surface area (Å²) in [4.78, 5) is 23.1. The van der Waals surface area contributed by atoms with Crippen molar-refractivity contribution in [3.63, 3.8) is 0 Å². The first kappa shape index (κ1) is 16.2. The first-order valence-electron chi connectivity index (χ1n) is 7.95. The van der Waals surface area contributed by atoms with E-state index in [0.29, 0.717) is 12.2 Å². The molecule has 0 bridgehead atoms.